The number of amides is 1. The molecule has 1 amide bonds. The molecule has 1 N–H and O–H groups in total. The Morgan fingerprint density at radius 2 is 1.67 bits per heavy atom. The predicted octanol–water partition coefficient (Wildman–Crippen LogP) is 2.88. The summed E-state index contributed by atoms with van der Waals surface area (Å²) in [6.07, 6.45) is 2.66. The van der Waals surface area contributed by atoms with Crippen LogP contribution in [0.1, 0.15) is 19.3 Å². The molecular weight excluding hydrogens is 402 g/mol. The summed E-state index contributed by atoms with van der Waals surface area (Å²) >= 11 is 0. The molecule has 164 valence electrons. The second-order valence-corrected chi connectivity index (χ2v) is 8.98. The van der Waals surface area contributed by atoms with Crippen LogP contribution in [0.5, 0.6) is 5.75 Å². The lowest BCUT2D eigenvalue weighted by Crippen LogP contribution is -2.33. The molecule has 0 atom stereocenters. The average Bonchev–Trinajstić information content (AvgIpc) is 2.74. The molecule has 2 aromatic rings. The Bertz CT molecular complexity index is 904. The smallest absolute Gasteiger partial charge is 0.232 e. The van der Waals surface area contributed by atoms with Gasteiger partial charge in [0.1, 0.15) is 5.75 Å². The molecule has 0 aromatic heterocycles. The average molecular weight is 434 g/mol. The minimum Gasteiger partial charge on any atom is -0.495 e. The van der Waals surface area contributed by atoms with Gasteiger partial charge in [0, 0.05) is 38.8 Å². The molecule has 7 nitrogen and oxygen atoms in total. The SMILES string of the molecule is COc1ccccc1N(CCCC(=O)NCCCN(C)c1ccccc1)S(C)(=O)=O. The number of hydrogen-bond donors (Lipinski definition) is 1. The fraction of sp³-hybridized carbons (Fsp3) is 0.409. The molecule has 0 aliphatic carbocycles. The van der Waals surface area contributed by atoms with Crippen molar-refractivity contribution in [3.8, 4) is 5.75 Å². The number of para-hydroxylation sites is 3. The van der Waals surface area contributed by atoms with E-state index in [1.165, 1.54) is 11.4 Å². The van der Waals surface area contributed by atoms with Gasteiger partial charge in [-0.25, -0.2) is 8.42 Å². The fourth-order valence-corrected chi connectivity index (χ4v) is 4.10. The molecular formula is C22H31N3O4S. The second-order valence-electron chi connectivity index (χ2n) is 7.07. The summed E-state index contributed by atoms with van der Waals surface area (Å²) in [6.45, 7) is 1.63. The second kappa shape index (κ2) is 11.4. The Morgan fingerprint density at radius 1 is 1.00 bits per heavy atom. The molecule has 0 heterocycles. The van der Waals surface area contributed by atoms with Gasteiger partial charge >= 0.3 is 0 Å². The van der Waals surface area contributed by atoms with Gasteiger partial charge < -0.3 is 15.0 Å². The van der Waals surface area contributed by atoms with Gasteiger partial charge in [-0.3, -0.25) is 9.10 Å². The van der Waals surface area contributed by atoms with Gasteiger partial charge in [-0.15, -0.1) is 0 Å². The Labute approximate surface area is 179 Å². The van der Waals surface area contributed by atoms with Crippen LogP contribution in [0.4, 0.5) is 11.4 Å². The van der Waals surface area contributed by atoms with Crippen molar-refractivity contribution >= 4 is 27.3 Å². The Morgan fingerprint density at radius 3 is 2.33 bits per heavy atom. The molecule has 0 aliphatic heterocycles. The van der Waals surface area contributed by atoms with Crippen LogP contribution in [0.3, 0.4) is 0 Å². The van der Waals surface area contributed by atoms with Crippen molar-refractivity contribution in [1.29, 1.82) is 0 Å². The lowest BCUT2D eigenvalue weighted by atomic mass is 10.2. The maximum Gasteiger partial charge on any atom is 0.232 e. The number of carbonyl (C=O) groups is 1. The lowest BCUT2D eigenvalue weighted by Gasteiger charge is -2.24. The standard InChI is InChI=1S/C22H31N3O4S/c1-24(19-11-5-4-6-12-19)17-10-16-23-22(26)15-9-18-25(30(3,27)28)20-13-7-8-14-21(20)29-2/h4-8,11-14H,9-10,15-18H2,1-3H3,(H,23,26). The normalized spacial score (nSPS) is 11.0. The zero-order chi connectivity index (χ0) is 22.0. The lowest BCUT2D eigenvalue weighted by molar-refractivity contribution is -0.121. The molecule has 0 aliphatic rings. The van der Waals surface area contributed by atoms with E-state index in [0.29, 0.717) is 24.4 Å². The summed E-state index contributed by atoms with van der Waals surface area (Å²) in [5.74, 6) is 0.403. The number of ether oxygens (including phenoxy) is 1. The number of nitrogens with one attached hydrogen (secondary N) is 1. The monoisotopic (exact) mass is 433 g/mol. The van der Waals surface area contributed by atoms with Crippen LogP contribution in [-0.4, -0.2) is 54.4 Å². The zero-order valence-corrected chi connectivity index (χ0v) is 18.7. The molecule has 0 unspecified atom stereocenters. The molecule has 0 spiro atoms. The highest BCUT2D eigenvalue weighted by atomic mass is 32.2. The molecule has 0 saturated carbocycles. The first-order chi connectivity index (χ1) is 14.3. The molecule has 2 rings (SSSR count). The summed E-state index contributed by atoms with van der Waals surface area (Å²) < 4.78 is 31.0. The van der Waals surface area contributed by atoms with Crippen molar-refractivity contribution in [1.82, 2.24) is 5.32 Å². The van der Waals surface area contributed by atoms with E-state index < -0.39 is 10.0 Å². The van der Waals surface area contributed by atoms with Gasteiger partial charge in [0.15, 0.2) is 0 Å². The number of anilines is 2. The number of hydrogen-bond acceptors (Lipinski definition) is 5. The van der Waals surface area contributed by atoms with E-state index in [9.17, 15) is 13.2 Å². The molecule has 8 heteroatoms. The van der Waals surface area contributed by atoms with Crippen molar-refractivity contribution < 1.29 is 17.9 Å². The van der Waals surface area contributed by atoms with Gasteiger partial charge in [0.2, 0.25) is 15.9 Å². The van der Waals surface area contributed by atoms with E-state index in [1.54, 1.807) is 24.3 Å². The largest absolute Gasteiger partial charge is 0.495 e. The Kier molecular flexibility index (Phi) is 8.98. The van der Waals surface area contributed by atoms with Crippen molar-refractivity contribution in [2.75, 3.05) is 49.3 Å². The maximum atomic E-state index is 12.2. The van der Waals surface area contributed by atoms with Crippen LogP contribution in [0.25, 0.3) is 0 Å². The van der Waals surface area contributed by atoms with Crippen molar-refractivity contribution in [2.45, 2.75) is 19.3 Å². The van der Waals surface area contributed by atoms with Gasteiger partial charge in [-0.2, -0.15) is 0 Å². The number of sulfonamides is 1. The number of methoxy groups -OCH3 is 1. The van der Waals surface area contributed by atoms with E-state index in [2.05, 4.69) is 10.2 Å². The van der Waals surface area contributed by atoms with E-state index in [0.717, 1.165) is 24.9 Å². The summed E-state index contributed by atoms with van der Waals surface area (Å²) in [4.78, 5) is 14.3. The summed E-state index contributed by atoms with van der Waals surface area (Å²) in [6, 6.07) is 17.0. The highest BCUT2D eigenvalue weighted by molar-refractivity contribution is 7.92. The number of rotatable bonds is 12. The van der Waals surface area contributed by atoms with Crippen molar-refractivity contribution in [3.05, 3.63) is 54.6 Å². The highest BCUT2D eigenvalue weighted by Crippen LogP contribution is 2.29. The number of nitrogens with zero attached hydrogens (tertiary/aromatic N) is 2. The predicted molar refractivity (Wildman–Crippen MR) is 122 cm³/mol. The number of benzene rings is 2. The third-order valence-corrected chi connectivity index (χ3v) is 5.89. The third-order valence-electron chi connectivity index (χ3n) is 4.71. The van der Waals surface area contributed by atoms with Crippen LogP contribution in [0, 0.1) is 0 Å². The van der Waals surface area contributed by atoms with E-state index in [4.69, 9.17) is 4.74 Å². The summed E-state index contributed by atoms with van der Waals surface area (Å²) in [5.41, 5.74) is 1.62. The molecule has 2 aromatic carbocycles. The molecule has 0 saturated heterocycles. The van der Waals surface area contributed by atoms with Crippen molar-refractivity contribution in [3.63, 3.8) is 0 Å². The van der Waals surface area contributed by atoms with E-state index in [1.807, 2.05) is 37.4 Å². The summed E-state index contributed by atoms with van der Waals surface area (Å²) in [5, 5.41) is 2.91. The van der Waals surface area contributed by atoms with Crippen LogP contribution in [0.2, 0.25) is 0 Å². The number of carbonyl (C=O) groups excluding carboxylic acids is 1. The highest BCUT2D eigenvalue weighted by Gasteiger charge is 2.20. The van der Waals surface area contributed by atoms with Crippen LogP contribution >= 0.6 is 0 Å². The fourth-order valence-electron chi connectivity index (χ4n) is 3.13. The maximum absolute atomic E-state index is 12.2. The van der Waals surface area contributed by atoms with E-state index in [-0.39, 0.29) is 18.9 Å². The van der Waals surface area contributed by atoms with Crippen LogP contribution in [-0.2, 0) is 14.8 Å². The molecule has 0 radical (unpaired) electrons. The first kappa shape index (κ1) is 23.5. The van der Waals surface area contributed by atoms with Gasteiger partial charge in [-0.05, 0) is 37.1 Å². The van der Waals surface area contributed by atoms with Gasteiger partial charge in [-0.1, -0.05) is 30.3 Å². The minimum atomic E-state index is -3.49. The molecule has 30 heavy (non-hydrogen) atoms. The quantitative estimate of drug-likeness (QED) is 0.521. The van der Waals surface area contributed by atoms with E-state index >= 15 is 0 Å². The van der Waals surface area contributed by atoms with Gasteiger partial charge in [0.25, 0.3) is 0 Å². The minimum absolute atomic E-state index is 0.0779. The van der Waals surface area contributed by atoms with Crippen LogP contribution in [0.15, 0.2) is 54.6 Å². The third kappa shape index (κ3) is 7.26. The molecule has 0 fully saturated rings. The topological polar surface area (TPSA) is 79.0 Å². The Hall–Kier alpha value is -2.74. The molecule has 0 bridgehead atoms. The van der Waals surface area contributed by atoms with Gasteiger partial charge in [0.05, 0.1) is 19.1 Å². The Balaban J connectivity index is 1.76. The zero-order valence-electron chi connectivity index (χ0n) is 17.9. The van der Waals surface area contributed by atoms with Crippen LogP contribution < -0.4 is 19.3 Å². The first-order valence-electron chi connectivity index (χ1n) is 9.96. The summed E-state index contributed by atoms with van der Waals surface area (Å²) in [7, 11) is 0.0354. The van der Waals surface area contributed by atoms with Crippen molar-refractivity contribution in [2.24, 2.45) is 0 Å². The first-order valence-corrected chi connectivity index (χ1v) is 11.8.